The van der Waals surface area contributed by atoms with Crippen molar-refractivity contribution in [1.29, 1.82) is 0 Å². The standard InChI is InChI=1S/C23H23N5O3/c29-21-23(28(22(30)25-21)15-17-6-2-1-3-7-17)9-12-27(13-10-23)16-18-14-20(26-31-18)19-8-4-5-11-24-19/h1-8,11,14H,9-10,12-13,15-16H2,(H,25,29,30). The van der Waals surface area contributed by atoms with Crippen LogP contribution in [0.5, 0.6) is 0 Å². The predicted octanol–water partition coefficient (Wildman–Crippen LogP) is 2.82. The fourth-order valence-electron chi connectivity index (χ4n) is 4.41. The van der Waals surface area contributed by atoms with E-state index in [1.165, 1.54) is 0 Å². The zero-order chi connectivity index (χ0) is 21.3. The highest BCUT2D eigenvalue weighted by molar-refractivity contribution is 6.07. The normalized spacial score (nSPS) is 18.5. The third-order valence-corrected chi connectivity index (χ3v) is 6.14. The second-order valence-corrected chi connectivity index (χ2v) is 8.03. The van der Waals surface area contributed by atoms with Gasteiger partial charge in [-0.25, -0.2) is 4.79 Å². The van der Waals surface area contributed by atoms with Crippen LogP contribution in [-0.2, 0) is 17.9 Å². The Morgan fingerprint density at radius 3 is 2.48 bits per heavy atom. The average molecular weight is 417 g/mol. The number of nitrogens with one attached hydrogen (secondary N) is 1. The molecule has 0 saturated carbocycles. The highest BCUT2D eigenvalue weighted by atomic mass is 16.5. The van der Waals surface area contributed by atoms with Crippen LogP contribution in [-0.4, -0.2) is 50.5 Å². The third kappa shape index (κ3) is 3.70. The molecule has 1 aromatic carbocycles. The first-order valence-electron chi connectivity index (χ1n) is 10.4. The molecule has 0 bridgehead atoms. The molecule has 4 heterocycles. The lowest BCUT2D eigenvalue weighted by Gasteiger charge is -2.42. The predicted molar refractivity (Wildman–Crippen MR) is 112 cm³/mol. The van der Waals surface area contributed by atoms with E-state index in [1.807, 2.05) is 54.6 Å². The molecule has 0 aliphatic carbocycles. The van der Waals surface area contributed by atoms with Crippen molar-refractivity contribution in [1.82, 2.24) is 25.3 Å². The molecule has 2 saturated heterocycles. The molecule has 158 valence electrons. The number of carbonyl (C=O) groups excluding carboxylic acids is 2. The first-order valence-corrected chi connectivity index (χ1v) is 10.4. The Kier molecular flexibility index (Phi) is 4.99. The van der Waals surface area contributed by atoms with Gasteiger partial charge in [0, 0.05) is 31.9 Å². The van der Waals surface area contributed by atoms with Gasteiger partial charge in [0.25, 0.3) is 5.91 Å². The molecule has 1 N–H and O–H groups in total. The molecule has 3 amide bonds. The Labute approximate surface area is 179 Å². The van der Waals surface area contributed by atoms with Crippen LogP contribution >= 0.6 is 0 Å². The van der Waals surface area contributed by atoms with Gasteiger partial charge in [-0.2, -0.15) is 0 Å². The molecule has 0 unspecified atom stereocenters. The summed E-state index contributed by atoms with van der Waals surface area (Å²) in [4.78, 5) is 33.5. The Morgan fingerprint density at radius 2 is 1.74 bits per heavy atom. The number of hydrogen-bond donors (Lipinski definition) is 1. The van der Waals surface area contributed by atoms with E-state index in [0.29, 0.717) is 44.7 Å². The minimum atomic E-state index is -0.788. The Hall–Kier alpha value is -3.52. The second-order valence-electron chi connectivity index (χ2n) is 8.03. The summed E-state index contributed by atoms with van der Waals surface area (Å²) in [5.41, 5.74) is 1.70. The van der Waals surface area contributed by atoms with Crippen LogP contribution in [0.4, 0.5) is 4.79 Å². The number of benzene rings is 1. The quantitative estimate of drug-likeness (QED) is 0.642. The zero-order valence-corrected chi connectivity index (χ0v) is 17.0. The van der Waals surface area contributed by atoms with Crippen LogP contribution < -0.4 is 5.32 Å². The lowest BCUT2D eigenvalue weighted by molar-refractivity contribution is -0.129. The molecule has 0 radical (unpaired) electrons. The Morgan fingerprint density at radius 1 is 0.968 bits per heavy atom. The molecule has 5 rings (SSSR count). The van der Waals surface area contributed by atoms with Gasteiger partial charge >= 0.3 is 6.03 Å². The number of aromatic nitrogens is 2. The van der Waals surface area contributed by atoms with E-state index < -0.39 is 5.54 Å². The molecule has 2 aliphatic heterocycles. The molecule has 31 heavy (non-hydrogen) atoms. The molecule has 2 aromatic heterocycles. The van der Waals surface area contributed by atoms with Gasteiger partial charge < -0.3 is 9.42 Å². The van der Waals surface area contributed by atoms with Crippen LogP contribution in [0.2, 0.25) is 0 Å². The van der Waals surface area contributed by atoms with Crippen molar-refractivity contribution in [2.45, 2.75) is 31.5 Å². The van der Waals surface area contributed by atoms with Crippen molar-refractivity contribution in [2.24, 2.45) is 0 Å². The second kappa shape index (κ2) is 7.96. The van der Waals surface area contributed by atoms with Crippen molar-refractivity contribution < 1.29 is 14.1 Å². The van der Waals surface area contributed by atoms with E-state index in [2.05, 4.69) is 20.4 Å². The lowest BCUT2D eigenvalue weighted by Crippen LogP contribution is -2.56. The van der Waals surface area contributed by atoms with Gasteiger partial charge in [-0.1, -0.05) is 41.6 Å². The van der Waals surface area contributed by atoms with Crippen LogP contribution in [0, 0.1) is 0 Å². The van der Waals surface area contributed by atoms with Gasteiger partial charge in [0.1, 0.15) is 11.2 Å². The first-order chi connectivity index (χ1) is 15.1. The Balaban J connectivity index is 1.26. The molecule has 3 aromatic rings. The van der Waals surface area contributed by atoms with Gasteiger partial charge in [-0.05, 0) is 30.5 Å². The van der Waals surface area contributed by atoms with Crippen molar-refractivity contribution in [3.63, 3.8) is 0 Å². The fraction of sp³-hybridized carbons (Fsp3) is 0.304. The summed E-state index contributed by atoms with van der Waals surface area (Å²) in [5.74, 6) is 0.565. The molecule has 1 spiro atoms. The number of hydrogen-bond acceptors (Lipinski definition) is 6. The maximum atomic E-state index is 12.8. The number of piperidine rings is 1. The Bertz CT molecular complexity index is 1070. The summed E-state index contributed by atoms with van der Waals surface area (Å²) >= 11 is 0. The fourth-order valence-corrected chi connectivity index (χ4v) is 4.41. The highest BCUT2D eigenvalue weighted by Crippen LogP contribution is 2.35. The number of nitrogens with zero attached hydrogens (tertiary/aromatic N) is 4. The summed E-state index contributed by atoms with van der Waals surface area (Å²) in [7, 11) is 0. The molecule has 2 aliphatic rings. The topological polar surface area (TPSA) is 91.6 Å². The van der Waals surface area contributed by atoms with Gasteiger partial charge in [-0.15, -0.1) is 0 Å². The third-order valence-electron chi connectivity index (χ3n) is 6.14. The van der Waals surface area contributed by atoms with E-state index >= 15 is 0 Å². The first kappa shape index (κ1) is 19.4. The van der Waals surface area contributed by atoms with Gasteiger partial charge in [0.15, 0.2) is 5.76 Å². The van der Waals surface area contributed by atoms with E-state index in [0.717, 1.165) is 17.0 Å². The molecule has 2 fully saturated rings. The van der Waals surface area contributed by atoms with Gasteiger partial charge in [0.2, 0.25) is 0 Å². The molecule has 8 heteroatoms. The number of carbonyl (C=O) groups is 2. The number of rotatable bonds is 5. The summed E-state index contributed by atoms with van der Waals surface area (Å²) in [6.45, 7) is 2.40. The van der Waals surface area contributed by atoms with Crippen LogP contribution in [0.25, 0.3) is 11.4 Å². The number of imide groups is 1. The zero-order valence-electron chi connectivity index (χ0n) is 17.0. The molecule has 0 atom stereocenters. The SMILES string of the molecule is O=C1NC(=O)C2(CCN(Cc3cc(-c4ccccn4)no3)CC2)N1Cc1ccccc1. The summed E-state index contributed by atoms with van der Waals surface area (Å²) < 4.78 is 5.50. The average Bonchev–Trinajstić information content (AvgIpc) is 3.35. The van der Waals surface area contributed by atoms with Gasteiger partial charge in [0.05, 0.1) is 12.2 Å². The van der Waals surface area contributed by atoms with Crippen LogP contribution in [0.1, 0.15) is 24.2 Å². The lowest BCUT2D eigenvalue weighted by atomic mass is 9.85. The van der Waals surface area contributed by atoms with Crippen molar-refractivity contribution in [3.05, 3.63) is 72.1 Å². The van der Waals surface area contributed by atoms with Gasteiger partial charge in [-0.3, -0.25) is 20.0 Å². The largest absolute Gasteiger partial charge is 0.359 e. The van der Waals surface area contributed by atoms with Crippen LogP contribution in [0.15, 0.2) is 65.3 Å². The molecular weight excluding hydrogens is 394 g/mol. The molecular formula is C23H23N5O3. The van der Waals surface area contributed by atoms with E-state index in [-0.39, 0.29) is 11.9 Å². The maximum absolute atomic E-state index is 12.8. The van der Waals surface area contributed by atoms with Crippen LogP contribution in [0.3, 0.4) is 0 Å². The van der Waals surface area contributed by atoms with E-state index in [4.69, 9.17) is 4.52 Å². The monoisotopic (exact) mass is 417 g/mol. The summed E-state index contributed by atoms with van der Waals surface area (Å²) in [6, 6.07) is 17.0. The number of urea groups is 1. The minimum Gasteiger partial charge on any atom is -0.359 e. The van der Waals surface area contributed by atoms with E-state index in [9.17, 15) is 9.59 Å². The summed E-state index contributed by atoms with van der Waals surface area (Å²) in [6.07, 6.45) is 2.89. The minimum absolute atomic E-state index is 0.190. The number of amides is 3. The maximum Gasteiger partial charge on any atom is 0.325 e. The number of pyridine rings is 1. The van der Waals surface area contributed by atoms with Crippen molar-refractivity contribution in [2.75, 3.05) is 13.1 Å². The smallest absolute Gasteiger partial charge is 0.325 e. The van der Waals surface area contributed by atoms with E-state index in [1.54, 1.807) is 11.1 Å². The van der Waals surface area contributed by atoms with Crippen molar-refractivity contribution in [3.8, 4) is 11.4 Å². The summed E-state index contributed by atoms with van der Waals surface area (Å²) in [5, 5.41) is 6.65. The highest BCUT2D eigenvalue weighted by Gasteiger charge is 2.53. The number of likely N-dealkylation sites (tertiary alicyclic amines) is 1. The molecule has 8 nitrogen and oxygen atoms in total. The van der Waals surface area contributed by atoms with Crippen molar-refractivity contribution >= 4 is 11.9 Å².